The fourth-order valence-electron chi connectivity index (χ4n) is 2.55. The van der Waals surface area contributed by atoms with Crippen molar-refractivity contribution in [2.24, 2.45) is 5.92 Å². The van der Waals surface area contributed by atoms with Crippen molar-refractivity contribution in [3.63, 3.8) is 0 Å². The quantitative estimate of drug-likeness (QED) is 0.834. The number of hydrogen-bond acceptors (Lipinski definition) is 3. The number of rotatable bonds is 3. The molecule has 1 N–H and O–H groups in total. The van der Waals surface area contributed by atoms with E-state index in [0.717, 1.165) is 31.5 Å². The number of piperidine rings is 1. The van der Waals surface area contributed by atoms with E-state index in [9.17, 15) is 9.90 Å². The van der Waals surface area contributed by atoms with E-state index in [1.807, 2.05) is 31.2 Å². The molecule has 1 aromatic rings. The van der Waals surface area contributed by atoms with E-state index in [1.165, 1.54) is 5.69 Å². The first-order chi connectivity index (χ1) is 8.58. The molecule has 1 atom stereocenters. The van der Waals surface area contributed by atoms with Crippen LogP contribution in [0.15, 0.2) is 24.3 Å². The lowest BCUT2D eigenvalue weighted by atomic mass is 9.92. The lowest BCUT2D eigenvalue weighted by Crippen LogP contribution is -2.37. The summed E-state index contributed by atoms with van der Waals surface area (Å²) in [5, 5.41) is 9.58. The van der Waals surface area contributed by atoms with Crippen molar-refractivity contribution >= 4 is 11.5 Å². The number of ketones is 1. The summed E-state index contributed by atoms with van der Waals surface area (Å²) in [6, 6.07) is 7.80. The van der Waals surface area contributed by atoms with Crippen LogP contribution in [0, 0.1) is 5.92 Å². The Hall–Kier alpha value is -1.35. The van der Waals surface area contributed by atoms with Crippen LogP contribution in [0.4, 0.5) is 5.69 Å². The molecule has 0 spiro atoms. The van der Waals surface area contributed by atoms with Crippen molar-refractivity contribution < 1.29 is 9.90 Å². The summed E-state index contributed by atoms with van der Waals surface area (Å²) in [7, 11) is 0. The first-order valence-corrected chi connectivity index (χ1v) is 6.62. The van der Waals surface area contributed by atoms with E-state index in [0.29, 0.717) is 5.92 Å². The first kappa shape index (κ1) is 13.1. The monoisotopic (exact) mass is 247 g/mol. The van der Waals surface area contributed by atoms with E-state index in [1.54, 1.807) is 6.92 Å². The average Bonchev–Trinajstić information content (AvgIpc) is 2.39. The van der Waals surface area contributed by atoms with Gasteiger partial charge in [0.25, 0.3) is 0 Å². The summed E-state index contributed by atoms with van der Waals surface area (Å²) >= 11 is 0. The van der Waals surface area contributed by atoms with Crippen molar-refractivity contribution in [1.82, 2.24) is 0 Å². The van der Waals surface area contributed by atoms with Crippen LogP contribution in [0.25, 0.3) is 0 Å². The second-order valence-corrected chi connectivity index (χ2v) is 5.17. The highest BCUT2D eigenvalue weighted by Gasteiger charge is 2.22. The molecule has 3 heteroatoms. The van der Waals surface area contributed by atoms with Crippen LogP contribution in [-0.2, 0) is 0 Å². The van der Waals surface area contributed by atoms with Gasteiger partial charge in [0.2, 0.25) is 0 Å². The number of aliphatic hydroxyl groups excluding tert-OH is 1. The fourth-order valence-corrected chi connectivity index (χ4v) is 2.55. The maximum atomic E-state index is 11.2. The molecule has 2 rings (SSSR count). The zero-order valence-electron chi connectivity index (χ0n) is 11.1. The third-order valence-electron chi connectivity index (χ3n) is 3.86. The largest absolute Gasteiger partial charge is 0.393 e. The molecule has 0 aromatic heterocycles. The highest BCUT2D eigenvalue weighted by molar-refractivity contribution is 5.94. The van der Waals surface area contributed by atoms with Gasteiger partial charge in [-0.3, -0.25) is 4.79 Å². The minimum atomic E-state index is -0.202. The van der Waals surface area contributed by atoms with Crippen molar-refractivity contribution in [2.45, 2.75) is 32.8 Å². The molecule has 1 saturated heterocycles. The molecular formula is C15H21NO2. The summed E-state index contributed by atoms with van der Waals surface area (Å²) < 4.78 is 0. The summed E-state index contributed by atoms with van der Waals surface area (Å²) in [5.74, 6) is 0.534. The minimum absolute atomic E-state index is 0.106. The van der Waals surface area contributed by atoms with Crippen LogP contribution in [0.1, 0.15) is 37.0 Å². The second kappa shape index (κ2) is 5.53. The number of benzene rings is 1. The van der Waals surface area contributed by atoms with Gasteiger partial charge >= 0.3 is 0 Å². The summed E-state index contributed by atoms with van der Waals surface area (Å²) in [4.78, 5) is 13.5. The van der Waals surface area contributed by atoms with Crippen molar-refractivity contribution in [2.75, 3.05) is 18.0 Å². The highest BCUT2D eigenvalue weighted by Crippen LogP contribution is 2.25. The lowest BCUT2D eigenvalue weighted by Gasteiger charge is -2.34. The minimum Gasteiger partial charge on any atom is -0.393 e. The van der Waals surface area contributed by atoms with Crippen molar-refractivity contribution in [3.8, 4) is 0 Å². The van der Waals surface area contributed by atoms with Gasteiger partial charge in [-0.25, -0.2) is 0 Å². The molecule has 0 radical (unpaired) electrons. The standard InChI is InChI=1S/C15H21NO2/c1-11(17)13-3-5-15(6-4-13)16-9-7-14(8-10-16)12(2)18/h3-6,12,14,18H,7-10H2,1-2H3. The number of Topliss-reactive ketones (excluding diaryl/α,β-unsaturated/α-hetero) is 1. The molecule has 0 aliphatic carbocycles. The van der Waals surface area contributed by atoms with Crippen LogP contribution in [0.5, 0.6) is 0 Å². The van der Waals surface area contributed by atoms with Crippen molar-refractivity contribution in [1.29, 1.82) is 0 Å². The van der Waals surface area contributed by atoms with Crippen LogP contribution < -0.4 is 4.90 Å². The molecule has 1 unspecified atom stereocenters. The smallest absolute Gasteiger partial charge is 0.159 e. The van der Waals surface area contributed by atoms with Gasteiger partial charge < -0.3 is 10.0 Å². The Bertz CT molecular complexity index is 403. The molecule has 98 valence electrons. The fraction of sp³-hybridized carbons (Fsp3) is 0.533. The number of carbonyl (C=O) groups is 1. The maximum Gasteiger partial charge on any atom is 0.159 e. The van der Waals surface area contributed by atoms with Gasteiger partial charge in [0, 0.05) is 24.3 Å². The van der Waals surface area contributed by atoms with Crippen LogP contribution in [0.3, 0.4) is 0 Å². The predicted molar refractivity (Wildman–Crippen MR) is 73.1 cm³/mol. The number of hydrogen-bond donors (Lipinski definition) is 1. The molecule has 0 amide bonds. The second-order valence-electron chi connectivity index (χ2n) is 5.17. The summed E-state index contributed by atoms with van der Waals surface area (Å²) in [6.07, 6.45) is 1.87. The van der Waals surface area contributed by atoms with E-state index >= 15 is 0 Å². The van der Waals surface area contributed by atoms with Crippen molar-refractivity contribution in [3.05, 3.63) is 29.8 Å². The average molecular weight is 247 g/mol. The Balaban J connectivity index is 1.99. The Morgan fingerprint density at radius 1 is 1.28 bits per heavy atom. The number of aliphatic hydroxyl groups is 1. The Morgan fingerprint density at radius 3 is 2.28 bits per heavy atom. The first-order valence-electron chi connectivity index (χ1n) is 6.62. The third-order valence-corrected chi connectivity index (χ3v) is 3.86. The van der Waals surface area contributed by atoms with Gasteiger partial charge in [0.15, 0.2) is 5.78 Å². The van der Waals surface area contributed by atoms with E-state index < -0.39 is 0 Å². The topological polar surface area (TPSA) is 40.5 Å². The zero-order valence-corrected chi connectivity index (χ0v) is 11.1. The number of carbonyl (C=O) groups excluding carboxylic acids is 1. The molecule has 18 heavy (non-hydrogen) atoms. The Kier molecular flexibility index (Phi) is 4.02. The predicted octanol–water partition coefficient (Wildman–Crippen LogP) is 2.49. The van der Waals surface area contributed by atoms with Gasteiger partial charge in [-0.2, -0.15) is 0 Å². The van der Waals surface area contributed by atoms with Crippen LogP contribution in [0.2, 0.25) is 0 Å². The number of nitrogens with zero attached hydrogens (tertiary/aromatic N) is 1. The summed E-state index contributed by atoms with van der Waals surface area (Å²) in [5.41, 5.74) is 1.93. The molecule has 0 saturated carbocycles. The highest BCUT2D eigenvalue weighted by atomic mass is 16.3. The molecular weight excluding hydrogens is 226 g/mol. The Labute approximate surface area is 108 Å². The summed E-state index contributed by atoms with van der Waals surface area (Å²) in [6.45, 7) is 5.43. The lowest BCUT2D eigenvalue weighted by molar-refractivity contribution is 0.101. The van der Waals surface area contributed by atoms with E-state index in [2.05, 4.69) is 4.90 Å². The van der Waals surface area contributed by atoms with Gasteiger partial charge in [-0.1, -0.05) is 0 Å². The molecule has 1 heterocycles. The zero-order chi connectivity index (χ0) is 13.1. The van der Waals surface area contributed by atoms with E-state index in [4.69, 9.17) is 0 Å². The molecule has 1 aliphatic heterocycles. The van der Waals surface area contributed by atoms with Gasteiger partial charge in [-0.05, 0) is 56.9 Å². The SMILES string of the molecule is CC(=O)c1ccc(N2CCC(C(C)O)CC2)cc1. The van der Waals surface area contributed by atoms with Crippen LogP contribution in [-0.4, -0.2) is 30.1 Å². The molecule has 0 bridgehead atoms. The molecule has 3 nitrogen and oxygen atoms in total. The third kappa shape index (κ3) is 2.91. The maximum absolute atomic E-state index is 11.2. The van der Waals surface area contributed by atoms with E-state index in [-0.39, 0.29) is 11.9 Å². The van der Waals surface area contributed by atoms with Gasteiger partial charge in [0.05, 0.1) is 6.10 Å². The molecule has 1 fully saturated rings. The Morgan fingerprint density at radius 2 is 1.83 bits per heavy atom. The number of anilines is 1. The molecule has 1 aromatic carbocycles. The van der Waals surface area contributed by atoms with Gasteiger partial charge in [-0.15, -0.1) is 0 Å². The van der Waals surface area contributed by atoms with Gasteiger partial charge in [0.1, 0.15) is 0 Å². The normalized spacial score (nSPS) is 18.7. The van der Waals surface area contributed by atoms with Crippen LogP contribution >= 0.6 is 0 Å². The molecule has 1 aliphatic rings.